The molecule has 0 aliphatic rings. The van der Waals surface area contributed by atoms with E-state index in [1.807, 2.05) is 31.2 Å². The molecule has 0 heterocycles. The Kier molecular flexibility index (Phi) is 7.66. The fourth-order valence-electron chi connectivity index (χ4n) is 3.36. The number of aryl methyl sites for hydroxylation is 1. The van der Waals surface area contributed by atoms with Gasteiger partial charge < -0.3 is 10.1 Å². The number of benzene rings is 3. The first kappa shape index (κ1) is 23.5. The fourth-order valence-corrected chi connectivity index (χ4v) is 4.73. The SMILES string of the molecule is COc1ccc([C@H](CC(=O)NCc2ccc(C)cc2)N(C)S(=O)(=O)c2ccccc2)cc1. The lowest BCUT2D eigenvalue weighted by atomic mass is 10.0. The van der Waals surface area contributed by atoms with Gasteiger partial charge in [0.15, 0.2) is 0 Å². The van der Waals surface area contributed by atoms with Crippen LogP contribution in [0.2, 0.25) is 0 Å². The number of hydrogen-bond donors (Lipinski definition) is 1. The average Bonchev–Trinajstić information content (AvgIpc) is 2.82. The second-order valence-electron chi connectivity index (χ2n) is 7.59. The summed E-state index contributed by atoms with van der Waals surface area (Å²) in [5.74, 6) is 0.423. The highest BCUT2D eigenvalue weighted by Crippen LogP contribution is 2.30. The fraction of sp³-hybridized carbons (Fsp3) is 0.240. The van der Waals surface area contributed by atoms with Gasteiger partial charge in [-0.1, -0.05) is 60.2 Å². The predicted molar refractivity (Wildman–Crippen MR) is 125 cm³/mol. The molecule has 0 saturated carbocycles. The Labute approximate surface area is 189 Å². The van der Waals surface area contributed by atoms with E-state index in [1.165, 1.54) is 11.4 Å². The van der Waals surface area contributed by atoms with Crippen molar-refractivity contribution in [2.45, 2.75) is 30.8 Å². The van der Waals surface area contributed by atoms with Gasteiger partial charge >= 0.3 is 0 Å². The van der Waals surface area contributed by atoms with E-state index in [4.69, 9.17) is 4.74 Å². The molecule has 168 valence electrons. The maximum atomic E-state index is 13.2. The van der Waals surface area contributed by atoms with E-state index in [-0.39, 0.29) is 17.2 Å². The van der Waals surface area contributed by atoms with E-state index >= 15 is 0 Å². The molecule has 0 unspecified atom stereocenters. The highest BCUT2D eigenvalue weighted by atomic mass is 32.2. The van der Waals surface area contributed by atoms with Gasteiger partial charge in [0.1, 0.15) is 5.75 Å². The molecule has 32 heavy (non-hydrogen) atoms. The van der Waals surface area contributed by atoms with Crippen molar-refractivity contribution in [2.75, 3.05) is 14.2 Å². The van der Waals surface area contributed by atoms with Crippen LogP contribution in [0, 0.1) is 6.92 Å². The smallest absolute Gasteiger partial charge is 0.243 e. The van der Waals surface area contributed by atoms with Gasteiger partial charge in [-0.25, -0.2) is 8.42 Å². The van der Waals surface area contributed by atoms with Crippen molar-refractivity contribution in [1.29, 1.82) is 0 Å². The zero-order chi connectivity index (χ0) is 23.1. The summed E-state index contributed by atoms with van der Waals surface area (Å²) in [5.41, 5.74) is 2.83. The van der Waals surface area contributed by atoms with Crippen molar-refractivity contribution in [2.24, 2.45) is 0 Å². The molecule has 1 amide bonds. The van der Waals surface area contributed by atoms with Crippen LogP contribution in [0.15, 0.2) is 83.8 Å². The Bertz CT molecular complexity index is 1130. The number of carbonyl (C=O) groups excluding carboxylic acids is 1. The summed E-state index contributed by atoms with van der Waals surface area (Å²) >= 11 is 0. The van der Waals surface area contributed by atoms with Crippen molar-refractivity contribution in [3.63, 3.8) is 0 Å². The maximum absolute atomic E-state index is 13.2. The average molecular weight is 453 g/mol. The van der Waals surface area contributed by atoms with Gasteiger partial charge in [-0.15, -0.1) is 0 Å². The van der Waals surface area contributed by atoms with Crippen molar-refractivity contribution >= 4 is 15.9 Å². The largest absolute Gasteiger partial charge is 0.497 e. The molecule has 0 aliphatic carbocycles. The van der Waals surface area contributed by atoms with Gasteiger partial charge in [-0.2, -0.15) is 4.31 Å². The Morgan fingerprint density at radius 1 is 0.969 bits per heavy atom. The number of sulfonamides is 1. The monoisotopic (exact) mass is 452 g/mol. The lowest BCUT2D eigenvalue weighted by Gasteiger charge is -2.28. The lowest BCUT2D eigenvalue weighted by molar-refractivity contribution is -0.122. The van der Waals surface area contributed by atoms with Crippen molar-refractivity contribution in [1.82, 2.24) is 9.62 Å². The predicted octanol–water partition coefficient (Wildman–Crippen LogP) is 4.07. The summed E-state index contributed by atoms with van der Waals surface area (Å²) in [4.78, 5) is 13.0. The molecular formula is C25H28N2O4S. The molecule has 0 saturated heterocycles. The Morgan fingerprint density at radius 2 is 1.59 bits per heavy atom. The summed E-state index contributed by atoms with van der Waals surface area (Å²) in [7, 11) is -0.727. The zero-order valence-corrected chi connectivity index (χ0v) is 19.3. The van der Waals surface area contributed by atoms with Crippen LogP contribution >= 0.6 is 0 Å². The van der Waals surface area contributed by atoms with Crippen molar-refractivity contribution in [3.05, 3.63) is 95.6 Å². The van der Waals surface area contributed by atoms with Crippen LogP contribution in [-0.2, 0) is 21.4 Å². The highest BCUT2D eigenvalue weighted by molar-refractivity contribution is 7.89. The molecule has 3 rings (SSSR count). The quantitative estimate of drug-likeness (QED) is 0.531. The molecule has 0 aliphatic heterocycles. The summed E-state index contributed by atoms with van der Waals surface area (Å²) in [5, 5.41) is 2.90. The van der Waals surface area contributed by atoms with Gasteiger partial charge in [-0.3, -0.25) is 4.79 Å². The summed E-state index contributed by atoms with van der Waals surface area (Å²) in [6.07, 6.45) is -0.0131. The number of ether oxygens (including phenoxy) is 1. The van der Waals surface area contributed by atoms with E-state index in [0.29, 0.717) is 17.9 Å². The third kappa shape index (κ3) is 5.75. The molecule has 6 nitrogen and oxygen atoms in total. The van der Waals surface area contributed by atoms with Gasteiger partial charge in [0.25, 0.3) is 0 Å². The molecule has 7 heteroatoms. The Morgan fingerprint density at radius 3 is 2.19 bits per heavy atom. The number of methoxy groups -OCH3 is 1. The molecule has 3 aromatic carbocycles. The third-order valence-electron chi connectivity index (χ3n) is 5.35. The van der Waals surface area contributed by atoms with E-state index in [0.717, 1.165) is 11.1 Å². The first-order valence-corrected chi connectivity index (χ1v) is 11.7. The molecule has 0 fully saturated rings. The number of nitrogens with zero attached hydrogens (tertiary/aromatic N) is 1. The van der Waals surface area contributed by atoms with Crippen LogP contribution in [0.1, 0.15) is 29.2 Å². The Balaban J connectivity index is 1.83. The first-order valence-electron chi connectivity index (χ1n) is 10.3. The molecule has 0 aromatic heterocycles. The van der Waals surface area contributed by atoms with Crippen molar-refractivity contribution < 1.29 is 17.9 Å². The number of nitrogens with one attached hydrogen (secondary N) is 1. The normalized spacial score (nSPS) is 12.4. The second-order valence-corrected chi connectivity index (χ2v) is 9.59. The first-order chi connectivity index (χ1) is 15.3. The van der Waals surface area contributed by atoms with Crippen molar-refractivity contribution in [3.8, 4) is 5.75 Å². The van der Waals surface area contributed by atoms with Crippen LogP contribution in [0.4, 0.5) is 0 Å². The molecular weight excluding hydrogens is 424 g/mol. The van der Waals surface area contributed by atoms with Gasteiger partial charge in [-0.05, 0) is 42.3 Å². The standard InChI is InChI=1S/C25H28N2O4S/c1-19-9-11-20(12-10-19)18-26-25(28)17-24(21-13-15-22(31-3)16-14-21)27(2)32(29,30)23-7-5-4-6-8-23/h4-16,24H,17-18H2,1-3H3,(H,26,28)/t24-/m0/s1. The van der Waals surface area contributed by atoms with Crippen LogP contribution in [0.5, 0.6) is 5.75 Å². The minimum atomic E-state index is -3.80. The molecule has 0 radical (unpaired) electrons. The van der Waals surface area contributed by atoms with E-state index in [9.17, 15) is 13.2 Å². The van der Waals surface area contributed by atoms with E-state index in [2.05, 4.69) is 5.32 Å². The zero-order valence-electron chi connectivity index (χ0n) is 18.5. The number of carbonyl (C=O) groups is 1. The van der Waals surface area contributed by atoms with E-state index in [1.54, 1.807) is 61.7 Å². The number of rotatable bonds is 9. The molecule has 1 N–H and O–H groups in total. The van der Waals surface area contributed by atoms with Crippen LogP contribution < -0.4 is 10.1 Å². The minimum Gasteiger partial charge on any atom is -0.497 e. The molecule has 1 atom stereocenters. The Hall–Kier alpha value is -3.16. The summed E-state index contributed by atoms with van der Waals surface area (Å²) in [6, 6.07) is 22.5. The van der Waals surface area contributed by atoms with Crippen LogP contribution in [0.25, 0.3) is 0 Å². The lowest BCUT2D eigenvalue weighted by Crippen LogP contribution is -2.35. The minimum absolute atomic E-state index is 0.0131. The molecule has 0 spiro atoms. The van der Waals surface area contributed by atoms with E-state index < -0.39 is 16.1 Å². The van der Waals surface area contributed by atoms with Crippen LogP contribution in [0.3, 0.4) is 0 Å². The summed E-state index contributed by atoms with van der Waals surface area (Å²) in [6.45, 7) is 2.38. The van der Waals surface area contributed by atoms with Gasteiger partial charge in [0.05, 0.1) is 18.0 Å². The summed E-state index contributed by atoms with van der Waals surface area (Å²) < 4.78 is 32.9. The van der Waals surface area contributed by atoms with Gasteiger partial charge in [0, 0.05) is 20.0 Å². The van der Waals surface area contributed by atoms with Crippen LogP contribution in [-0.4, -0.2) is 32.8 Å². The third-order valence-corrected chi connectivity index (χ3v) is 7.23. The second kappa shape index (κ2) is 10.4. The molecule has 0 bridgehead atoms. The van der Waals surface area contributed by atoms with Gasteiger partial charge in [0.2, 0.25) is 15.9 Å². The number of amides is 1. The maximum Gasteiger partial charge on any atom is 0.243 e. The highest BCUT2D eigenvalue weighted by Gasteiger charge is 2.30. The number of hydrogen-bond acceptors (Lipinski definition) is 4. The molecule has 3 aromatic rings. The topological polar surface area (TPSA) is 75.7 Å².